The number of rotatable bonds is 5. The molecule has 1 unspecified atom stereocenters. The number of nitrogens with zero attached hydrogens (tertiary/aromatic N) is 1. The molecule has 0 spiro atoms. The van der Waals surface area contributed by atoms with Crippen LogP contribution in [0.25, 0.3) is 0 Å². The van der Waals surface area contributed by atoms with E-state index in [1.54, 1.807) is 16.7 Å². The Hall–Kier alpha value is -1.32. The number of nitrogens with two attached hydrogens (primary N) is 1. The van der Waals surface area contributed by atoms with E-state index in [2.05, 4.69) is 5.32 Å². The third-order valence-electron chi connectivity index (χ3n) is 3.53. The van der Waals surface area contributed by atoms with Crippen molar-refractivity contribution in [2.75, 3.05) is 31.2 Å². The molecule has 0 saturated carbocycles. The van der Waals surface area contributed by atoms with Gasteiger partial charge in [0, 0.05) is 18.3 Å². The average molecular weight is 347 g/mol. The molecule has 22 heavy (non-hydrogen) atoms. The van der Waals surface area contributed by atoms with Crippen LogP contribution < -0.4 is 10.5 Å². The number of primary sulfonamides is 1. The van der Waals surface area contributed by atoms with Gasteiger partial charge in [-0.3, -0.25) is 4.79 Å². The second-order valence-corrected chi connectivity index (χ2v) is 7.73. The van der Waals surface area contributed by atoms with Crippen molar-refractivity contribution in [2.24, 2.45) is 5.14 Å². The quantitative estimate of drug-likeness (QED) is 0.824. The van der Waals surface area contributed by atoms with Crippen molar-refractivity contribution >= 4 is 33.4 Å². The highest BCUT2D eigenvalue weighted by molar-refractivity contribution is 7.99. The van der Waals surface area contributed by atoms with Gasteiger partial charge in [-0.05, 0) is 30.9 Å². The molecule has 6 nitrogen and oxygen atoms in total. The lowest BCUT2D eigenvalue weighted by molar-refractivity contribution is -0.128. The zero-order chi connectivity index (χ0) is 16.3. The summed E-state index contributed by atoms with van der Waals surface area (Å²) in [6.45, 7) is 1.38. The van der Waals surface area contributed by atoms with E-state index in [4.69, 9.17) is 5.14 Å². The number of amides is 1. The van der Waals surface area contributed by atoms with Crippen molar-refractivity contribution in [3.8, 4) is 0 Å². The highest BCUT2D eigenvalue weighted by atomic mass is 32.2. The van der Waals surface area contributed by atoms with E-state index < -0.39 is 15.8 Å². The highest BCUT2D eigenvalue weighted by Gasteiger charge is 2.25. The van der Waals surface area contributed by atoms with Crippen LogP contribution in [0.5, 0.6) is 0 Å². The Bertz CT molecular complexity index is 666. The molecule has 0 bridgehead atoms. The average Bonchev–Trinajstić information content (AvgIpc) is 2.93. The Kier molecular flexibility index (Phi) is 5.30. The first-order valence-electron chi connectivity index (χ1n) is 6.68. The fraction of sp³-hybridized carbons (Fsp3) is 0.462. The summed E-state index contributed by atoms with van der Waals surface area (Å²) in [5, 5.41) is 8.08. The summed E-state index contributed by atoms with van der Waals surface area (Å²) in [6.07, 6.45) is 2.98. The number of nitrogens with one attached hydrogen (secondary N) is 1. The number of likely N-dealkylation sites (tertiary alicyclic amines) is 1. The van der Waals surface area contributed by atoms with E-state index in [-0.39, 0.29) is 23.0 Å². The predicted octanol–water partition coefficient (Wildman–Crippen LogP) is 0.849. The lowest BCUT2D eigenvalue weighted by Gasteiger charge is -2.17. The molecule has 0 aliphatic carbocycles. The third kappa shape index (κ3) is 4.11. The molecule has 122 valence electrons. The first kappa shape index (κ1) is 17.0. The third-order valence-corrected chi connectivity index (χ3v) is 5.49. The standard InChI is InChI=1S/C13H18FN3O3S2/c1-21-9-4-5-17(8-9)13(18)7-16-12-3-2-10(6-11(12)14)22(15,19)20/h2-3,6,9,16H,4-5,7-8H2,1H3,(H2,15,19,20). The molecule has 3 N–H and O–H groups in total. The maximum Gasteiger partial charge on any atom is 0.241 e. The van der Waals surface area contributed by atoms with Crippen molar-refractivity contribution in [3.05, 3.63) is 24.0 Å². The van der Waals surface area contributed by atoms with Crippen LogP contribution in [0.4, 0.5) is 10.1 Å². The minimum atomic E-state index is -3.94. The van der Waals surface area contributed by atoms with Crippen LogP contribution in [-0.4, -0.2) is 50.4 Å². The minimum Gasteiger partial charge on any atom is -0.374 e. The summed E-state index contributed by atoms with van der Waals surface area (Å²) < 4.78 is 36.1. The van der Waals surface area contributed by atoms with Crippen molar-refractivity contribution in [2.45, 2.75) is 16.6 Å². The van der Waals surface area contributed by atoms with Crippen LogP contribution in [-0.2, 0) is 14.8 Å². The van der Waals surface area contributed by atoms with E-state index in [9.17, 15) is 17.6 Å². The minimum absolute atomic E-state index is 0.0350. The molecule has 1 aromatic rings. The maximum atomic E-state index is 13.8. The van der Waals surface area contributed by atoms with Gasteiger partial charge in [-0.15, -0.1) is 0 Å². The normalized spacial score (nSPS) is 18.5. The summed E-state index contributed by atoms with van der Waals surface area (Å²) in [7, 11) is -3.94. The van der Waals surface area contributed by atoms with Gasteiger partial charge in [-0.25, -0.2) is 17.9 Å². The summed E-state index contributed by atoms with van der Waals surface area (Å²) in [5.74, 6) is -0.866. The van der Waals surface area contributed by atoms with Gasteiger partial charge in [-0.1, -0.05) is 0 Å². The molecule has 9 heteroatoms. The zero-order valence-electron chi connectivity index (χ0n) is 12.1. The first-order valence-corrected chi connectivity index (χ1v) is 9.51. The number of carbonyl (C=O) groups is 1. The van der Waals surface area contributed by atoms with E-state index >= 15 is 0 Å². The van der Waals surface area contributed by atoms with Crippen molar-refractivity contribution < 1.29 is 17.6 Å². The largest absolute Gasteiger partial charge is 0.374 e. The Balaban J connectivity index is 1.96. The topological polar surface area (TPSA) is 92.5 Å². The van der Waals surface area contributed by atoms with Crippen LogP contribution in [0, 0.1) is 5.82 Å². The number of thioether (sulfide) groups is 1. The molecule has 1 aromatic carbocycles. The predicted molar refractivity (Wildman–Crippen MR) is 84.8 cm³/mol. The van der Waals surface area contributed by atoms with E-state index in [0.29, 0.717) is 18.3 Å². The van der Waals surface area contributed by atoms with E-state index in [0.717, 1.165) is 12.5 Å². The van der Waals surface area contributed by atoms with Gasteiger partial charge in [0.05, 0.1) is 17.1 Å². The number of hydrogen-bond donors (Lipinski definition) is 2. The number of halogens is 1. The Morgan fingerprint density at radius 2 is 2.27 bits per heavy atom. The van der Waals surface area contributed by atoms with Gasteiger partial charge in [0.25, 0.3) is 0 Å². The Morgan fingerprint density at radius 1 is 1.55 bits per heavy atom. The summed E-state index contributed by atoms with van der Waals surface area (Å²) >= 11 is 1.73. The van der Waals surface area contributed by atoms with Crippen LogP contribution >= 0.6 is 11.8 Å². The molecule has 1 heterocycles. The summed E-state index contributed by atoms with van der Waals surface area (Å²) in [5.41, 5.74) is 0.0707. The number of sulfonamides is 1. The smallest absolute Gasteiger partial charge is 0.241 e. The van der Waals surface area contributed by atoms with Crippen molar-refractivity contribution in [1.82, 2.24) is 4.90 Å². The van der Waals surface area contributed by atoms with Gasteiger partial charge in [-0.2, -0.15) is 11.8 Å². The molecule has 1 amide bonds. The zero-order valence-corrected chi connectivity index (χ0v) is 13.7. The molecule has 2 rings (SSSR count). The van der Waals surface area contributed by atoms with E-state index in [1.165, 1.54) is 12.1 Å². The fourth-order valence-electron chi connectivity index (χ4n) is 2.25. The molecular weight excluding hydrogens is 329 g/mol. The van der Waals surface area contributed by atoms with Crippen LogP contribution in [0.1, 0.15) is 6.42 Å². The Morgan fingerprint density at radius 3 is 2.82 bits per heavy atom. The van der Waals surface area contributed by atoms with Crippen molar-refractivity contribution in [3.63, 3.8) is 0 Å². The molecule has 1 aliphatic rings. The molecule has 0 aromatic heterocycles. The summed E-state index contributed by atoms with van der Waals surface area (Å²) in [4.78, 5) is 13.5. The fourth-order valence-corrected chi connectivity index (χ4v) is 3.44. The van der Waals surface area contributed by atoms with Crippen LogP contribution in [0.3, 0.4) is 0 Å². The molecule has 1 fully saturated rings. The SMILES string of the molecule is CSC1CCN(C(=O)CNc2ccc(S(N)(=O)=O)cc2F)C1. The maximum absolute atomic E-state index is 13.8. The molecule has 1 atom stereocenters. The summed E-state index contributed by atoms with van der Waals surface area (Å²) in [6, 6.07) is 3.30. The lowest BCUT2D eigenvalue weighted by Crippen LogP contribution is -2.34. The molecule has 1 aliphatic heterocycles. The van der Waals surface area contributed by atoms with E-state index in [1.807, 2.05) is 6.26 Å². The van der Waals surface area contributed by atoms with Gasteiger partial charge >= 0.3 is 0 Å². The number of benzene rings is 1. The number of anilines is 1. The monoisotopic (exact) mass is 347 g/mol. The molecule has 1 saturated heterocycles. The van der Waals surface area contributed by atoms with Gasteiger partial charge in [0.15, 0.2) is 0 Å². The second-order valence-electron chi connectivity index (χ2n) is 5.03. The van der Waals surface area contributed by atoms with Crippen LogP contribution in [0.2, 0.25) is 0 Å². The highest BCUT2D eigenvalue weighted by Crippen LogP contribution is 2.21. The number of carbonyl (C=O) groups excluding carboxylic acids is 1. The molecular formula is C13H18FN3O3S2. The molecule has 0 radical (unpaired) electrons. The van der Waals surface area contributed by atoms with Gasteiger partial charge < -0.3 is 10.2 Å². The number of hydrogen-bond acceptors (Lipinski definition) is 5. The van der Waals surface area contributed by atoms with Gasteiger partial charge in [0.2, 0.25) is 15.9 Å². The lowest BCUT2D eigenvalue weighted by atomic mass is 10.3. The van der Waals surface area contributed by atoms with Gasteiger partial charge in [0.1, 0.15) is 5.82 Å². The second kappa shape index (κ2) is 6.84. The Labute approximate surface area is 133 Å². The van der Waals surface area contributed by atoms with Crippen LogP contribution in [0.15, 0.2) is 23.1 Å². The van der Waals surface area contributed by atoms with Crippen molar-refractivity contribution in [1.29, 1.82) is 0 Å². The first-order chi connectivity index (χ1) is 10.3.